The summed E-state index contributed by atoms with van der Waals surface area (Å²) in [6.07, 6.45) is 2.41. The highest BCUT2D eigenvalue weighted by molar-refractivity contribution is 7.14. The Balaban J connectivity index is 2.29. The third kappa shape index (κ3) is 2.97. The predicted octanol–water partition coefficient (Wildman–Crippen LogP) is 3.28. The number of aromatic nitrogens is 2. The van der Waals surface area contributed by atoms with Gasteiger partial charge in [-0.2, -0.15) is 5.10 Å². The van der Waals surface area contributed by atoms with Crippen molar-refractivity contribution >= 4 is 17.0 Å². The van der Waals surface area contributed by atoms with E-state index >= 15 is 0 Å². The normalized spacial score (nSPS) is 12.7. The molecule has 0 spiro atoms. The van der Waals surface area contributed by atoms with Gasteiger partial charge >= 0.3 is 5.69 Å². The molecule has 20 heavy (non-hydrogen) atoms. The lowest BCUT2D eigenvalue weighted by molar-refractivity contribution is -0.385. The topological polar surface area (TPSA) is 90.4 Å². The Morgan fingerprint density at radius 1 is 1.50 bits per heavy atom. The fraction of sp³-hybridized carbons (Fsp3) is 0.417. The van der Waals surface area contributed by atoms with Gasteiger partial charge in [0.05, 0.1) is 23.4 Å². The Morgan fingerprint density at radius 3 is 2.70 bits per heavy atom. The van der Waals surface area contributed by atoms with Crippen LogP contribution >= 0.6 is 11.3 Å². The fourth-order valence-corrected chi connectivity index (χ4v) is 2.48. The maximum Gasteiger partial charge on any atom is 0.323 e. The minimum atomic E-state index is -0.769. The molecule has 7 nitrogen and oxygen atoms in total. The molecule has 0 saturated carbocycles. The average molecular weight is 297 g/mol. The Bertz CT molecular complexity index is 618. The van der Waals surface area contributed by atoms with Crippen molar-refractivity contribution in [3.05, 3.63) is 33.5 Å². The summed E-state index contributed by atoms with van der Waals surface area (Å²) in [6, 6.07) is 1.51. The van der Waals surface area contributed by atoms with E-state index in [9.17, 15) is 15.2 Å². The van der Waals surface area contributed by atoms with Crippen molar-refractivity contribution in [2.24, 2.45) is 0 Å². The van der Waals surface area contributed by atoms with E-state index in [2.05, 4.69) is 5.10 Å². The van der Waals surface area contributed by atoms with E-state index in [1.165, 1.54) is 12.3 Å². The molecule has 0 aliphatic rings. The van der Waals surface area contributed by atoms with Gasteiger partial charge in [-0.05, 0) is 20.8 Å². The number of hydrogen-bond donors (Lipinski definition) is 1. The van der Waals surface area contributed by atoms with Crippen LogP contribution in [0.15, 0.2) is 18.5 Å². The fourth-order valence-electron chi connectivity index (χ4n) is 1.55. The van der Waals surface area contributed by atoms with Gasteiger partial charge in [0.15, 0.2) is 5.75 Å². The molecule has 2 aromatic heterocycles. The van der Waals surface area contributed by atoms with Gasteiger partial charge < -0.3 is 9.84 Å². The number of thiophene rings is 1. The Hall–Kier alpha value is -1.93. The van der Waals surface area contributed by atoms with Crippen LogP contribution in [0.3, 0.4) is 0 Å². The summed E-state index contributed by atoms with van der Waals surface area (Å²) in [5, 5.41) is 24.7. The number of nitrogens with zero attached hydrogens (tertiary/aromatic N) is 3. The van der Waals surface area contributed by atoms with Crippen molar-refractivity contribution in [3.8, 4) is 10.8 Å². The quantitative estimate of drug-likeness (QED) is 0.675. The third-order valence-electron chi connectivity index (χ3n) is 2.62. The lowest BCUT2D eigenvalue weighted by atomic mass is 10.3. The molecule has 1 unspecified atom stereocenters. The van der Waals surface area contributed by atoms with Crippen LogP contribution in [0.4, 0.5) is 5.69 Å². The van der Waals surface area contributed by atoms with E-state index in [1.54, 1.807) is 17.8 Å². The largest absolute Gasteiger partial charge is 0.437 e. The molecular formula is C12H15N3O4S. The SMILES string of the molecule is CC(O)c1cc([N+](=O)[O-])c(Oc2cnn(C(C)C)c2)s1. The third-order valence-corrected chi connectivity index (χ3v) is 3.80. The maximum absolute atomic E-state index is 11.0. The number of aliphatic hydroxyl groups excluding tert-OH is 1. The highest BCUT2D eigenvalue weighted by Crippen LogP contribution is 2.41. The zero-order valence-electron chi connectivity index (χ0n) is 11.3. The van der Waals surface area contributed by atoms with Crippen LogP contribution in [-0.4, -0.2) is 19.8 Å². The predicted molar refractivity (Wildman–Crippen MR) is 74.3 cm³/mol. The minimum absolute atomic E-state index is 0.147. The first-order valence-corrected chi connectivity index (χ1v) is 6.88. The zero-order chi connectivity index (χ0) is 14.9. The van der Waals surface area contributed by atoms with Crippen LogP contribution in [0, 0.1) is 10.1 Å². The minimum Gasteiger partial charge on any atom is -0.437 e. The van der Waals surface area contributed by atoms with E-state index in [1.807, 2.05) is 13.8 Å². The molecule has 0 aliphatic heterocycles. The lowest BCUT2D eigenvalue weighted by Gasteiger charge is -2.03. The van der Waals surface area contributed by atoms with E-state index in [4.69, 9.17) is 4.74 Å². The molecule has 2 heterocycles. The average Bonchev–Trinajstić information content (AvgIpc) is 2.96. The van der Waals surface area contributed by atoms with Crippen molar-refractivity contribution in [2.75, 3.05) is 0 Å². The molecule has 0 fully saturated rings. The van der Waals surface area contributed by atoms with Gasteiger partial charge in [0, 0.05) is 17.0 Å². The van der Waals surface area contributed by atoms with E-state index in [-0.39, 0.29) is 16.8 Å². The maximum atomic E-state index is 11.0. The van der Waals surface area contributed by atoms with Crippen LogP contribution < -0.4 is 4.74 Å². The zero-order valence-corrected chi connectivity index (χ0v) is 12.1. The molecule has 0 saturated heterocycles. The van der Waals surface area contributed by atoms with Gasteiger partial charge in [-0.15, -0.1) is 0 Å². The number of nitro groups is 1. The first-order chi connectivity index (χ1) is 9.38. The van der Waals surface area contributed by atoms with Gasteiger partial charge in [-0.3, -0.25) is 14.8 Å². The highest BCUT2D eigenvalue weighted by Gasteiger charge is 2.23. The molecule has 8 heteroatoms. The van der Waals surface area contributed by atoms with Crippen molar-refractivity contribution in [3.63, 3.8) is 0 Å². The highest BCUT2D eigenvalue weighted by atomic mass is 32.1. The van der Waals surface area contributed by atoms with Crippen LogP contribution in [0.1, 0.15) is 37.8 Å². The van der Waals surface area contributed by atoms with Crippen LogP contribution in [0.5, 0.6) is 10.8 Å². The lowest BCUT2D eigenvalue weighted by Crippen LogP contribution is -1.99. The summed E-state index contributed by atoms with van der Waals surface area (Å²) >= 11 is 1.06. The number of aliphatic hydroxyl groups is 1. The molecule has 0 aliphatic carbocycles. The molecule has 0 aromatic carbocycles. The van der Waals surface area contributed by atoms with Crippen molar-refractivity contribution in [1.82, 2.24) is 9.78 Å². The second-order valence-electron chi connectivity index (χ2n) is 4.61. The van der Waals surface area contributed by atoms with Crippen LogP contribution in [0.2, 0.25) is 0 Å². The summed E-state index contributed by atoms with van der Waals surface area (Å²) < 4.78 is 7.21. The van der Waals surface area contributed by atoms with Crippen LogP contribution in [-0.2, 0) is 0 Å². The molecular weight excluding hydrogens is 282 g/mol. The molecule has 108 valence electrons. The second-order valence-corrected chi connectivity index (χ2v) is 5.65. The van der Waals surface area contributed by atoms with Crippen molar-refractivity contribution in [1.29, 1.82) is 0 Å². The standard InChI is InChI=1S/C12H15N3O4S/c1-7(2)14-6-9(5-13-14)19-12-10(15(17)18)4-11(20-12)8(3)16/h4-8,16H,1-3H3. The van der Waals surface area contributed by atoms with E-state index in [0.717, 1.165) is 11.3 Å². The van der Waals surface area contributed by atoms with Gasteiger partial charge in [0.25, 0.3) is 5.06 Å². The van der Waals surface area contributed by atoms with Crippen molar-refractivity contribution < 1.29 is 14.8 Å². The Kier molecular flexibility index (Phi) is 4.05. The van der Waals surface area contributed by atoms with Gasteiger partial charge in [-0.25, -0.2) is 0 Å². The molecule has 1 N–H and O–H groups in total. The summed E-state index contributed by atoms with van der Waals surface area (Å²) in [5.41, 5.74) is -0.150. The number of hydrogen-bond acceptors (Lipinski definition) is 6. The summed E-state index contributed by atoms with van der Waals surface area (Å²) in [4.78, 5) is 11.0. The number of rotatable bonds is 5. The van der Waals surface area contributed by atoms with Gasteiger partial charge in [0.1, 0.15) is 0 Å². The van der Waals surface area contributed by atoms with Gasteiger partial charge in [0.2, 0.25) is 0 Å². The Labute approximate surface area is 119 Å². The van der Waals surface area contributed by atoms with Gasteiger partial charge in [-0.1, -0.05) is 11.3 Å². The van der Waals surface area contributed by atoms with Crippen molar-refractivity contribution in [2.45, 2.75) is 32.9 Å². The first kappa shape index (κ1) is 14.5. The molecule has 2 aromatic rings. The monoisotopic (exact) mass is 297 g/mol. The summed E-state index contributed by atoms with van der Waals surface area (Å²) in [6.45, 7) is 5.49. The molecule has 0 amide bonds. The molecule has 2 rings (SSSR count). The van der Waals surface area contributed by atoms with E-state index < -0.39 is 11.0 Å². The summed E-state index contributed by atoms with van der Waals surface area (Å²) in [7, 11) is 0. The summed E-state index contributed by atoms with van der Waals surface area (Å²) in [5.74, 6) is 0.431. The second kappa shape index (κ2) is 5.59. The molecule has 0 bridgehead atoms. The van der Waals surface area contributed by atoms with Crippen LogP contribution in [0.25, 0.3) is 0 Å². The number of ether oxygens (including phenoxy) is 1. The Morgan fingerprint density at radius 2 is 2.20 bits per heavy atom. The molecule has 0 radical (unpaired) electrons. The first-order valence-electron chi connectivity index (χ1n) is 6.06. The smallest absolute Gasteiger partial charge is 0.323 e. The molecule has 1 atom stereocenters. The van der Waals surface area contributed by atoms with E-state index in [0.29, 0.717) is 10.6 Å².